The van der Waals surface area contributed by atoms with E-state index in [-0.39, 0.29) is 11.5 Å². The largest absolute Gasteiger partial charge is 0.394 e. The number of fused-ring (bicyclic) bond motifs is 9. The molecular weight excluding hydrogens is 794 g/mol. The van der Waals surface area contributed by atoms with E-state index in [1.807, 2.05) is 0 Å². The molecule has 16 nitrogen and oxygen atoms in total. The predicted octanol–water partition coefficient (Wildman–Crippen LogP) is 0.155. The first-order valence-corrected chi connectivity index (χ1v) is 23.4. The Balaban J connectivity index is 0.952. The summed E-state index contributed by atoms with van der Waals surface area (Å²) in [6, 6.07) is 1.43. The van der Waals surface area contributed by atoms with Crippen LogP contribution in [0.15, 0.2) is 11.6 Å². The molecule has 9 N–H and O–H groups in total. The fourth-order valence-electron chi connectivity index (χ4n) is 14.7. The Morgan fingerprint density at radius 3 is 2.05 bits per heavy atom. The minimum atomic E-state index is -1.83. The van der Waals surface area contributed by atoms with E-state index < -0.39 is 105 Å². The maximum Gasteiger partial charge on any atom is 0.187 e. The second kappa shape index (κ2) is 17.1. The Morgan fingerprint density at radius 2 is 1.33 bits per heavy atom. The highest BCUT2D eigenvalue weighted by atomic mass is 16.8. The van der Waals surface area contributed by atoms with Gasteiger partial charge in [-0.05, 0) is 111 Å². The first-order valence-electron chi connectivity index (χ1n) is 23.4. The first-order chi connectivity index (χ1) is 29.0. The van der Waals surface area contributed by atoms with Crippen molar-refractivity contribution in [1.82, 2.24) is 4.90 Å². The fraction of sp³-hybridized carbons (Fsp3) is 0.956. The van der Waals surface area contributed by atoms with Crippen LogP contribution in [0.1, 0.15) is 92.4 Å². The van der Waals surface area contributed by atoms with Gasteiger partial charge in [0.1, 0.15) is 67.1 Å². The van der Waals surface area contributed by atoms with Gasteiger partial charge >= 0.3 is 0 Å². The highest BCUT2D eigenvalue weighted by Crippen LogP contribution is 2.70. The van der Waals surface area contributed by atoms with Gasteiger partial charge in [0.15, 0.2) is 18.9 Å². The van der Waals surface area contributed by atoms with Crippen molar-refractivity contribution >= 4 is 0 Å². The van der Waals surface area contributed by atoms with Crippen molar-refractivity contribution in [3.05, 3.63) is 11.6 Å². The summed E-state index contributed by atoms with van der Waals surface area (Å²) in [5.74, 6) is 4.15. The number of ether oxygens (including phenoxy) is 6. The average molecular weight is 868 g/mol. The number of rotatable bonds is 8. The third-order valence-electron chi connectivity index (χ3n) is 18.0. The molecule has 9 aliphatic rings. The maximum atomic E-state index is 11.6. The molecule has 5 saturated heterocycles. The molecule has 0 spiro atoms. The van der Waals surface area contributed by atoms with Gasteiger partial charge in [-0.15, -0.1) is 0 Å². The maximum absolute atomic E-state index is 11.6. The van der Waals surface area contributed by atoms with E-state index in [0.717, 1.165) is 36.6 Å². The smallest absolute Gasteiger partial charge is 0.187 e. The quantitative estimate of drug-likeness (QED) is 0.148. The number of allylic oxidation sites excluding steroid dienone is 1. The van der Waals surface area contributed by atoms with E-state index >= 15 is 0 Å². The summed E-state index contributed by atoms with van der Waals surface area (Å²) in [5.41, 5.74) is 1.72. The van der Waals surface area contributed by atoms with Gasteiger partial charge in [0.25, 0.3) is 0 Å². The number of aliphatic hydroxyl groups is 9. The molecule has 0 aromatic rings. The summed E-state index contributed by atoms with van der Waals surface area (Å²) in [6.45, 7) is 11.4. The van der Waals surface area contributed by atoms with Crippen molar-refractivity contribution in [1.29, 1.82) is 0 Å². The zero-order chi connectivity index (χ0) is 43.4. The second-order valence-electron chi connectivity index (χ2n) is 21.2. The molecule has 9 rings (SSSR count). The third-order valence-corrected chi connectivity index (χ3v) is 18.0. The van der Waals surface area contributed by atoms with Gasteiger partial charge in [-0.25, -0.2) is 0 Å². The summed E-state index contributed by atoms with van der Waals surface area (Å²) in [6.07, 6.45) is -11.1. The Labute approximate surface area is 359 Å². The molecular formula is C45H73NO15. The molecule has 8 fully saturated rings. The van der Waals surface area contributed by atoms with Gasteiger partial charge in [0, 0.05) is 18.6 Å². The standard InChI is InChI=1S/C45H73NO15/c1-19-6-9-27-20(2)31-28(46(27)16-19)15-26-24-8-7-22-14-23(10-12-44(22,4)25(24)11-13-45(26,31)5)57-43-40(61-41-37(54)35(52)32(49)21(3)56-41)39(34(51)30(18-48)59-43)60-42-38(55)36(53)33(50)29(17-47)58-42/h7,19-21,23-43,47-55H,6,8-18H2,1-5H3/t19-,20+,21-,23-,24-,25+,26+,27+,28-,29-,30+,31+,32+,33+,34+,35+,36-,37-,38+,39-,40+,41-,42+,43+,44+,45-/m0/s1. The molecule has 61 heavy (non-hydrogen) atoms. The van der Waals surface area contributed by atoms with Crippen molar-refractivity contribution in [2.45, 2.75) is 203 Å². The zero-order valence-electron chi connectivity index (χ0n) is 36.3. The van der Waals surface area contributed by atoms with E-state index in [9.17, 15) is 46.0 Å². The van der Waals surface area contributed by atoms with Crippen LogP contribution in [0, 0.1) is 46.3 Å². The van der Waals surface area contributed by atoms with E-state index in [1.165, 1.54) is 51.1 Å². The van der Waals surface area contributed by atoms with E-state index in [1.54, 1.807) is 0 Å². The van der Waals surface area contributed by atoms with Crippen molar-refractivity contribution in [3.8, 4) is 0 Å². The lowest BCUT2D eigenvalue weighted by atomic mass is 9.47. The van der Waals surface area contributed by atoms with Crippen LogP contribution in [-0.4, -0.2) is 181 Å². The molecule has 5 aliphatic heterocycles. The predicted molar refractivity (Wildman–Crippen MR) is 215 cm³/mol. The minimum Gasteiger partial charge on any atom is -0.394 e. The SMILES string of the molecule is C[C@H]1CC[C@@H]2[C@@H](C)[C@@H]3[C@H](C[C@@H]4[C@H]5CC=C6C[C@@H](O[C@@H]7O[C@H](CO)[C@@H](O)[C@H](O[C@H]8O[C@@H](CO)[C@@H](O)[C@H](O)[C@H]8O)[C@H]7O[C@@H]7O[C@@H](C)[C@@H](O)[C@@H](O)[C@@H]7O)CC[C@@]6(C)[C@@H]5CC[C@]34C)N2C1. The highest BCUT2D eigenvalue weighted by Gasteiger charge is 2.66. The second-order valence-corrected chi connectivity index (χ2v) is 21.2. The van der Waals surface area contributed by atoms with Gasteiger partial charge in [-0.3, -0.25) is 4.90 Å². The van der Waals surface area contributed by atoms with Crippen LogP contribution in [0.25, 0.3) is 0 Å². The Bertz CT molecular complexity index is 1590. The van der Waals surface area contributed by atoms with Gasteiger partial charge in [0.2, 0.25) is 0 Å². The van der Waals surface area contributed by atoms with Crippen molar-refractivity contribution in [2.75, 3.05) is 19.8 Å². The summed E-state index contributed by atoms with van der Waals surface area (Å²) >= 11 is 0. The minimum absolute atomic E-state index is 0.00462. The van der Waals surface area contributed by atoms with Crippen LogP contribution in [0.5, 0.6) is 0 Å². The first kappa shape index (κ1) is 45.3. The van der Waals surface area contributed by atoms with Gasteiger partial charge < -0.3 is 74.4 Å². The van der Waals surface area contributed by atoms with E-state index in [4.69, 9.17) is 28.4 Å². The molecule has 5 heterocycles. The lowest BCUT2D eigenvalue weighted by Gasteiger charge is -2.58. The monoisotopic (exact) mass is 867 g/mol. The van der Waals surface area contributed by atoms with Crippen LogP contribution in [0.3, 0.4) is 0 Å². The van der Waals surface area contributed by atoms with Crippen LogP contribution in [0.2, 0.25) is 0 Å². The molecule has 0 radical (unpaired) electrons. The van der Waals surface area contributed by atoms with Gasteiger partial charge in [-0.1, -0.05) is 39.3 Å². The van der Waals surface area contributed by atoms with Crippen LogP contribution in [-0.2, 0) is 28.4 Å². The molecule has 3 saturated carbocycles. The average Bonchev–Trinajstić information content (AvgIpc) is 3.71. The number of nitrogens with zero attached hydrogens (tertiary/aromatic N) is 1. The lowest BCUT2D eigenvalue weighted by molar-refractivity contribution is -0.394. The topological polar surface area (TPSA) is 241 Å². The summed E-state index contributed by atoms with van der Waals surface area (Å²) in [4.78, 5) is 2.94. The summed E-state index contributed by atoms with van der Waals surface area (Å²) in [5, 5.41) is 95.8. The summed E-state index contributed by atoms with van der Waals surface area (Å²) in [7, 11) is 0. The number of hydrogen-bond acceptors (Lipinski definition) is 16. The molecule has 0 amide bonds. The van der Waals surface area contributed by atoms with Gasteiger partial charge in [-0.2, -0.15) is 0 Å². The van der Waals surface area contributed by atoms with E-state index in [0.29, 0.717) is 42.1 Å². The Kier molecular flexibility index (Phi) is 12.7. The molecule has 0 bridgehead atoms. The van der Waals surface area contributed by atoms with E-state index in [2.05, 4.69) is 38.7 Å². The number of piperidine rings is 1. The Morgan fingerprint density at radius 1 is 0.672 bits per heavy atom. The van der Waals surface area contributed by atoms with Crippen molar-refractivity contribution in [2.24, 2.45) is 46.3 Å². The Hall–Kier alpha value is -0.900. The van der Waals surface area contributed by atoms with Crippen molar-refractivity contribution < 1.29 is 74.4 Å². The summed E-state index contributed by atoms with van der Waals surface area (Å²) < 4.78 is 36.8. The lowest BCUT2D eigenvalue weighted by Crippen LogP contribution is -2.67. The molecule has 0 aromatic carbocycles. The van der Waals surface area contributed by atoms with Crippen molar-refractivity contribution in [3.63, 3.8) is 0 Å². The molecule has 0 aromatic heterocycles. The van der Waals surface area contributed by atoms with Crippen LogP contribution >= 0.6 is 0 Å². The molecule has 4 aliphatic carbocycles. The van der Waals surface area contributed by atoms with Crippen LogP contribution < -0.4 is 0 Å². The van der Waals surface area contributed by atoms with Crippen LogP contribution in [0.4, 0.5) is 0 Å². The molecule has 348 valence electrons. The molecule has 26 atom stereocenters. The number of aliphatic hydroxyl groups excluding tert-OH is 9. The highest BCUT2D eigenvalue weighted by molar-refractivity contribution is 5.27. The molecule has 16 heteroatoms. The van der Waals surface area contributed by atoms with Gasteiger partial charge in [0.05, 0.1) is 25.4 Å². The fourth-order valence-corrected chi connectivity index (χ4v) is 14.7. The number of hydrogen-bond donors (Lipinski definition) is 9. The molecule has 0 unspecified atom stereocenters. The zero-order valence-corrected chi connectivity index (χ0v) is 36.3. The normalized spacial score (nSPS) is 57.3. The third kappa shape index (κ3) is 7.42.